The second-order valence-corrected chi connectivity index (χ2v) is 3.73. The first-order valence-electron chi connectivity index (χ1n) is 4.81. The first kappa shape index (κ1) is 11.6. The van der Waals surface area contributed by atoms with E-state index >= 15 is 0 Å². The standard InChI is InChI=1S/C10H9ClN4O2/c11-8-2-1-3-9(15(16)17)10(8)14-5-4-7(6-12)13-14/h1-5H,6,12H2. The van der Waals surface area contributed by atoms with Crippen molar-refractivity contribution in [1.82, 2.24) is 9.78 Å². The zero-order chi connectivity index (χ0) is 12.4. The molecule has 0 aliphatic heterocycles. The average molecular weight is 253 g/mol. The number of nitrogens with two attached hydrogens (primary N) is 1. The molecule has 0 amide bonds. The molecule has 0 radical (unpaired) electrons. The van der Waals surface area contributed by atoms with Gasteiger partial charge in [-0.05, 0) is 12.1 Å². The summed E-state index contributed by atoms with van der Waals surface area (Å²) >= 11 is 5.96. The number of nitro benzene ring substituents is 1. The monoisotopic (exact) mass is 252 g/mol. The van der Waals surface area contributed by atoms with Gasteiger partial charge in [0.05, 0.1) is 15.6 Å². The summed E-state index contributed by atoms with van der Waals surface area (Å²) in [5, 5.41) is 15.3. The van der Waals surface area contributed by atoms with Crippen molar-refractivity contribution in [1.29, 1.82) is 0 Å². The van der Waals surface area contributed by atoms with E-state index in [0.717, 1.165) is 0 Å². The molecule has 2 rings (SSSR count). The van der Waals surface area contributed by atoms with Crippen molar-refractivity contribution < 1.29 is 4.92 Å². The number of nitrogens with zero attached hydrogens (tertiary/aromatic N) is 3. The molecule has 0 bridgehead atoms. The highest BCUT2D eigenvalue weighted by atomic mass is 35.5. The van der Waals surface area contributed by atoms with Crippen LogP contribution in [0.4, 0.5) is 5.69 Å². The van der Waals surface area contributed by atoms with Crippen LogP contribution in [0.15, 0.2) is 30.5 Å². The van der Waals surface area contributed by atoms with Crippen LogP contribution in [0.1, 0.15) is 5.69 Å². The number of aromatic nitrogens is 2. The Morgan fingerprint density at radius 3 is 2.82 bits per heavy atom. The smallest absolute Gasteiger partial charge is 0.296 e. The van der Waals surface area contributed by atoms with Crippen molar-refractivity contribution in [2.45, 2.75) is 6.54 Å². The Balaban J connectivity index is 2.61. The van der Waals surface area contributed by atoms with Crippen LogP contribution in [0.25, 0.3) is 5.69 Å². The fourth-order valence-corrected chi connectivity index (χ4v) is 1.73. The largest absolute Gasteiger partial charge is 0.325 e. The van der Waals surface area contributed by atoms with Gasteiger partial charge in [0, 0.05) is 18.8 Å². The Hall–Kier alpha value is -1.92. The zero-order valence-corrected chi connectivity index (χ0v) is 9.46. The van der Waals surface area contributed by atoms with Gasteiger partial charge in [-0.3, -0.25) is 10.1 Å². The topological polar surface area (TPSA) is 87.0 Å². The zero-order valence-electron chi connectivity index (χ0n) is 8.71. The molecule has 2 aromatic rings. The highest BCUT2D eigenvalue weighted by Crippen LogP contribution is 2.29. The van der Waals surface area contributed by atoms with Gasteiger partial charge in [0.2, 0.25) is 0 Å². The number of para-hydroxylation sites is 1. The molecule has 2 N–H and O–H groups in total. The van der Waals surface area contributed by atoms with E-state index in [1.165, 1.54) is 16.8 Å². The quantitative estimate of drug-likeness (QED) is 0.667. The number of halogens is 1. The molecule has 1 aromatic heterocycles. The maximum atomic E-state index is 10.9. The summed E-state index contributed by atoms with van der Waals surface area (Å²) in [6, 6.07) is 6.17. The van der Waals surface area contributed by atoms with Crippen molar-refractivity contribution in [2.75, 3.05) is 0 Å². The molecule has 88 valence electrons. The first-order chi connectivity index (χ1) is 8.13. The number of hydrogen-bond acceptors (Lipinski definition) is 4. The van der Waals surface area contributed by atoms with E-state index < -0.39 is 4.92 Å². The molecule has 17 heavy (non-hydrogen) atoms. The fraction of sp³-hybridized carbons (Fsp3) is 0.100. The van der Waals surface area contributed by atoms with Gasteiger partial charge in [-0.2, -0.15) is 5.10 Å². The summed E-state index contributed by atoms with van der Waals surface area (Å²) in [5.41, 5.74) is 6.23. The van der Waals surface area contributed by atoms with Crippen molar-refractivity contribution in [2.24, 2.45) is 5.73 Å². The number of benzene rings is 1. The Bertz CT molecular complexity index is 567. The minimum atomic E-state index is -0.495. The Kier molecular flexibility index (Phi) is 3.08. The molecular weight excluding hydrogens is 244 g/mol. The molecule has 0 spiro atoms. The number of rotatable bonds is 3. The molecule has 1 heterocycles. The molecule has 1 aromatic carbocycles. The third-order valence-corrected chi connectivity index (χ3v) is 2.55. The predicted octanol–water partition coefficient (Wildman–Crippen LogP) is 1.89. The molecule has 0 aliphatic rings. The fourth-order valence-electron chi connectivity index (χ4n) is 1.47. The SMILES string of the molecule is NCc1ccn(-c2c(Cl)cccc2[N+](=O)[O-])n1. The summed E-state index contributed by atoms with van der Waals surface area (Å²) in [7, 11) is 0. The van der Waals surface area contributed by atoms with Crippen molar-refractivity contribution in [3.63, 3.8) is 0 Å². The molecule has 0 saturated heterocycles. The molecule has 0 aliphatic carbocycles. The second-order valence-electron chi connectivity index (χ2n) is 3.32. The van der Waals surface area contributed by atoms with E-state index in [9.17, 15) is 10.1 Å². The van der Waals surface area contributed by atoms with Gasteiger partial charge in [-0.15, -0.1) is 0 Å². The minimum absolute atomic E-state index is 0.0934. The first-order valence-corrected chi connectivity index (χ1v) is 5.19. The Labute approximate surface area is 102 Å². The van der Waals surface area contributed by atoms with Crippen molar-refractivity contribution in [3.05, 3.63) is 51.3 Å². The van der Waals surface area contributed by atoms with Gasteiger partial charge >= 0.3 is 0 Å². The highest BCUT2D eigenvalue weighted by Gasteiger charge is 2.18. The summed E-state index contributed by atoms with van der Waals surface area (Å²) in [4.78, 5) is 10.4. The normalized spacial score (nSPS) is 10.5. The molecule has 7 heteroatoms. The third kappa shape index (κ3) is 2.13. The minimum Gasteiger partial charge on any atom is -0.325 e. The van der Waals surface area contributed by atoms with E-state index in [2.05, 4.69) is 5.10 Å². The summed E-state index contributed by atoms with van der Waals surface area (Å²) < 4.78 is 1.36. The molecular formula is C10H9ClN4O2. The Morgan fingerprint density at radius 2 is 2.24 bits per heavy atom. The van der Waals surface area contributed by atoms with Crippen molar-refractivity contribution in [3.8, 4) is 5.69 Å². The van der Waals surface area contributed by atoms with Crippen molar-refractivity contribution >= 4 is 17.3 Å². The van der Waals surface area contributed by atoms with E-state index in [4.69, 9.17) is 17.3 Å². The Morgan fingerprint density at radius 1 is 1.47 bits per heavy atom. The van der Waals surface area contributed by atoms with Crippen LogP contribution in [-0.4, -0.2) is 14.7 Å². The summed E-state index contributed by atoms with van der Waals surface area (Å²) in [6.45, 7) is 0.269. The second kappa shape index (κ2) is 4.52. The van der Waals surface area contributed by atoms with Gasteiger partial charge in [-0.25, -0.2) is 4.68 Å². The van der Waals surface area contributed by atoms with E-state index in [0.29, 0.717) is 5.69 Å². The maximum Gasteiger partial charge on any atom is 0.296 e. The lowest BCUT2D eigenvalue weighted by molar-refractivity contribution is -0.384. The van der Waals surface area contributed by atoms with Crippen LogP contribution in [0.2, 0.25) is 5.02 Å². The van der Waals surface area contributed by atoms with Gasteiger partial charge in [0.25, 0.3) is 5.69 Å². The highest BCUT2D eigenvalue weighted by molar-refractivity contribution is 6.32. The summed E-state index contributed by atoms with van der Waals surface area (Å²) in [5.74, 6) is 0. The molecule has 6 nitrogen and oxygen atoms in total. The van der Waals surface area contributed by atoms with E-state index in [-0.39, 0.29) is 22.9 Å². The van der Waals surface area contributed by atoms with Crippen LogP contribution in [0.3, 0.4) is 0 Å². The molecule has 0 unspecified atom stereocenters. The van der Waals surface area contributed by atoms with Crippen LogP contribution in [0, 0.1) is 10.1 Å². The third-order valence-electron chi connectivity index (χ3n) is 2.24. The molecule has 0 atom stereocenters. The van der Waals surface area contributed by atoms with Gasteiger partial charge in [-0.1, -0.05) is 17.7 Å². The van der Waals surface area contributed by atoms with Crippen LogP contribution in [0.5, 0.6) is 0 Å². The number of nitro groups is 1. The van der Waals surface area contributed by atoms with E-state index in [1.807, 2.05) is 0 Å². The van der Waals surface area contributed by atoms with Crippen LogP contribution >= 0.6 is 11.6 Å². The van der Waals surface area contributed by atoms with Crippen LogP contribution in [-0.2, 0) is 6.54 Å². The van der Waals surface area contributed by atoms with Gasteiger partial charge in [0.15, 0.2) is 5.69 Å². The lowest BCUT2D eigenvalue weighted by Crippen LogP contribution is -2.03. The van der Waals surface area contributed by atoms with E-state index in [1.54, 1.807) is 18.3 Å². The lowest BCUT2D eigenvalue weighted by Gasteiger charge is -2.04. The van der Waals surface area contributed by atoms with Gasteiger partial charge in [0.1, 0.15) is 0 Å². The molecule has 0 saturated carbocycles. The predicted molar refractivity (Wildman–Crippen MR) is 63.1 cm³/mol. The van der Waals surface area contributed by atoms with Crippen LogP contribution < -0.4 is 5.73 Å². The molecule has 0 fully saturated rings. The van der Waals surface area contributed by atoms with Gasteiger partial charge < -0.3 is 5.73 Å². The lowest BCUT2D eigenvalue weighted by atomic mass is 10.2. The number of hydrogen-bond donors (Lipinski definition) is 1. The maximum absolute atomic E-state index is 10.9. The average Bonchev–Trinajstić information content (AvgIpc) is 2.76. The summed E-state index contributed by atoms with van der Waals surface area (Å²) in [6.07, 6.45) is 1.59.